The van der Waals surface area contributed by atoms with E-state index in [1.165, 1.54) is 17.5 Å². The molecule has 0 aliphatic rings. The first-order valence-electron chi connectivity index (χ1n) is 5.88. The minimum absolute atomic E-state index is 0.410. The van der Waals surface area contributed by atoms with Crippen molar-refractivity contribution in [2.75, 3.05) is 12.8 Å². The number of rotatable bonds is 6. The van der Waals surface area contributed by atoms with Crippen LogP contribution in [0.25, 0.3) is 0 Å². The largest absolute Gasteiger partial charge is 0.312 e. The second kappa shape index (κ2) is 6.92. The molecule has 1 heterocycles. The second-order valence-corrected chi connectivity index (χ2v) is 5.60. The fourth-order valence-corrected chi connectivity index (χ4v) is 2.65. The molecule has 0 aliphatic heterocycles. The van der Waals surface area contributed by atoms with Crippen LogP contribution < -0.4 is 5.32 Å². The molecule has 90 valence electrons. The molecule has 0 fully saturated rings. The molecule has 16 heavy (non-hydrogen) atoms. The minimum Gasteiger partial charge on any atom is -0.312 e. The average Bonchev–Trinajstić information content (AvgIpc) is 2.31. The van der Waals surface area contributed by atoms with Gasteiger partial charge in [-0.3, -0.25) is 4.98 Å². The summed E-state index contributed by atoms with van der Waals surface area (Å²) in [6.45, 7) is 6.67. The summed E-state index contributed by atoms with van der Waals surface area (Å²) in [4.78, 5) is 4.21. The summed E-state index contributed by atoms with van der Waals surface area (Å²) >= 11 is 2.02. The van der Waals surface area contributed by atoms with Crippen LogP contribution in [0.15, 0.2) is 18.5 Å². The average molecular weight is 238 g/mol. The summed E-state index contributed by atoms with van der Waals surface area (Å²) in [6, 6.07) is 2.49. The van der Waals surface area contributed by atoms with Gasteiger partial charge in [-0.2, -0.15) is 11.8 Å². The van der Waals surface area contributed by atoms with Gasteiger partial charge in [-0.1, -0.05) is 13.8 Å². The molecule has 0 radical (unpaired) electrons. The van der Waals surface area contributed by atoms with Crippen molar-refractivity contribution < 1.29 is 0 Å². The van der Waals surface area contributed by atoms with E-state index in [1.54, 1.807) is 0 Å². The van der Waals surface area contributed by atoms with Crippen LogP contribution in [0.1, 0.15) is 37.4 Å². The molecule has 2 unspecified atom stereocenters. The lowest BCUT2D eigenvalue weighted by Gasteiger charge is -2.19. The van der Waals surface area contributed by atoms with E-state index < -0.39 is 0 Å². The zero-order valence-electron chi connectivity index (χ0n) is 10.7. The number of aryl methyl sites for hydroxylation is 1. The molecule has 0 saturated carbocycles. The van der Waals surface area contributed by atoms with E-state index in [9.17, 15) is 0 Å². The van der Waals surface area contributed by atoms with Gasteiger partial charge in [-0.15, -0.1) is 0 Å². The fraction of sp³-hybridized carbons (Fsp3) is 0.615. The third-order valence-corrected chi connectivity index (χ3v) is 4.35. The predicted octanol–water partition coefficient (Wildman–Crippen LogP) is 3.18. The number of nitrogens with one attached hydrogen (secondary N) is 1. The van der Waals surface area contributed by atoms with Crippen LogP contribution in [0.3, 0.4) is 0 Å². The Morgan fingerprint density at radius 2 is 2.25 bits per heavy atom. The van der Waals surface area contributed by atoms with Gasteiger partial charge in [0.05, 0.1) is 0 Å². The van der Waals surface area contributed by atoms with Gasteiger partial charge in [0.1, 0.15) is 0 Å². The number of nitrogens with zero attached hydrogens (tertiary/aromatic N) is 1. The van der Waals surface area contributed by atoms with E-state index >= 15 is 0 Å². The van der Waals surface area contributed by atoms with Crippen molar-refractivity contribution in [3.05, 3.63) is 29.6 Å². The Balaban J connectivity index is 2.64. The molecular weight excluding hydrogens is 216 g/mol. The first-order chi connectivity index (χ1) is 7.69. The van der Waals surface area contributed by atoms with Crippen molar-refractivity contribution in [3.8, 4) is 0 Å². The Kier molecular flexibility index (Phi) is 5.85. The van der Waals surface area contributed by atoms with Gasteiger partial charge >= 0.3 is 0 Å². The molecule has 0 saturated heterocycles. The van der Waals surface area contributed by atoms with Gasteiger partial charge in [-0.05, 0) is 37.6 Å². The molecule has 0 aromatic carbocycles. The Bertz CT molecular complexity index is 315. The summed E-state index contributed by atoms with van der Waals surface area (Å²) in [5, 5.41) is 4.11. The standard InChI is InChI=1S/C13H22N2S/c1-5-11(3)16-9-13(14-4)12-8-15-7-6-10(12)2/h6-8,11,13-14H,5,9H2,1-4H3. The maximum absolute atomic E-state index is 4.21. The van der Waals surface area contributed by atoms with Crippen molar-refractivity contribution in [2.24, 2.45) is 0 Å². The lowest BCUT2D eigenvalue weighted by Crippen LogP contribution is -2.20. The molecule has 1 N–H and O–H groups in total. The van der Waals surface area contributed by atoms with Crippen molar-refractivity contribution in [1.82, 2.24) is 10.3 Å². The molecule has 0 aliphatic carbocycles. The van der Waals surface area contributed by atoms with E-state index in [2.05, 4.69) is 37.1 Å². The molecule has 2 atom stereocenters. The van der Waals surface area contributed by atoms with Crippen LogP contribution in [-0.2, 0) is 0 Å². The zero-order chi connectivity index (χ0) is 12.0. The number of hydrogen-bond acceptors (Lipinski definition) is 3. The molecule has 1 aromatic heterocycles. The number of thioether (sulfide) groups is 1. The quantitative estimate of drug-likeness (QED) is 0.824. The minimum atomic E-state index is 0.410. The zero-order valence-corrected chi connectivity index (χ0v) is 11.5. The maximum Gasteiger partial charge on any atom is 0.0427 e. The van der Waals surface area contributed by atoms with Gasteiger partial charge in [0.15, 0.2) is 0 Å². The molecule has 0 spiro atoms. The smallest absolute Gasteiger partial charge is 0.0427 e. The first kappa shape index (κ1) is 13.5. The third kappa shape index (κ3) is 3.80. The SMILES string of the molecule is CCC(C)SCC(NC)c1cnccc1C. The van der Waals surface area contributed by atoms with Crippen LogP contribution in [0.5, 0.6) is 0 Å². The van der Waals surface area contributed by atoms with Crippen molar-refractivity contribution in [1.29, 1.82) is 0 Å². The lowest BCUT2D eigenvalue weighted by atomic mass is 10.1. The Hall–Kier alpha value is -0.540. The highest BCUT2D eigenvalue weighted by atomic mass is 32.2. The summed E-state index contributed by atoms with van der Waals surface area (Å²) < 4.78 is 0. The normalized spacial score (nSPS) is 14.8. The van der Waals surface area contributed by atoms with Gasteiger partial charge < -0.3 is 5.32 Å². The van der Waals surface area contributed by atoms with Gasteiger partial charge in [-0.25, -0.2) is 0 Å². The van der Waals surface area contributed by atoms with Gasteiger partial charge in [0.25, 0.3) is 0 Å². The second-order valence-electron chi connectivity index (χ2n) is 4.13. The van der Waals surface area contributed by atoms with Crippen LogP contribution in [-0.4, -0.2) is 23.0 Å². The molecule has 3 heteroatoms. The number of pyridine rings is 1. The molecular formula is C13H22N2S. The summed E-state index contributed by atoms with van der Waals surface area (Å²) in [6.07, 6.45) is 5.06. The van der Waals surface area contributed by atoms with E-state index in [0.29, 0.717) is 6.04 Å². The highest BCUT2D eigenvalue weighted by Crippen LogP contribution is 2.23. The highest BCUT2D eigenvalue weighted by molar-refractivity contribution is 7.99. The Morgan fingerprint density at radius 3 is 2.81 bits per heavy atom. The topological polar surface area (TPSA) is 24.9 Å². The lowest BCUT2D eigenvalue weighted by molar-refractivity contribution is 0.653. The third-order valence-electron chi connectivity index (χ3n) is 2.93. The number of aromatic nitrogens is 1. The fourth-order valence-electron chi connectivity index (χ4n) is 1.55. The first-order valence-corrected chi connectivity index (χ1v) is 6.93. The van der Waals surface area contributed by atoms with Crippen molar-refractivity contribution in [3.63, 3.8) is 0 Å². The Labute approximate surface area is 103 Å². The molecule has 0 amide bonds. The van der Waals surface area contributed by atoms with E-state index in [-0.39, 0.29) is 0 Å². The predicted molar refractivity (Wildman–Crippen MR) is 73.0 cm³/mol. The maximum atomic E-state index is 4.21. The number of hydrogen-bond donors (Lipinski definition) is 1. The van der Waals surface area contributed by atoms with E-state index in [1.807, 2.05) is 31.2 Å². The molecule has 2 nitrogen and oxygen atoms in total. The monoisotopic (exact) mass is 238 g/mol. The van der Waals surface area contributed by atoms with Gasteiger partial charge in [0, 0.05) is 29.4 Å². The van der Waals surface area contributed by atoms with E-state index in [4.69, 9.17) is 0 Å². The Morgan fingerprint density at radius 1 is 1.50 bits per heavy atom. The summed E-state index contributed by atoms with van der Waals surface area (Å²) in [5.41, 5.74) is 2.64. The summed E-state index contributed by atoms with van der Waals surface area (Å²) in [5.74, 6) is 1.11. The molecule has 1 rings (SSSR count). The molecule has 1 aromatic rings. The van der Waals surface area contributed by atoms with Crippen LogP contribution in [0.2, 0.25) is 0 Å². The van der Waals surface area contributed by atoms with Crippen LogP contribution >= 0.6 is 11.8 Å². The summed E-state index contributed by atoms with van der Waals surface area (Å²) in [7, 11) is 2.02. The van der Waals surface area contributed by atoms with E-state index in [0.717, 1.165) is 11.0 Å². The van der Waals surface area contributed by atoms with Crippen molar-refractivity contribution >= 4 is 11.8 Å². The highest BCUT2D eigenvalue weighted by Gasteiger charge is 2.13. The molecule has 0 bridgehead atoms. The van der Waals surface area contributed by atoms with Crippen molar-refractivity contribution in [2.45, 2.75) is 38.5 Å². The van der Waals surface area contributed by atoms with Crippen LogP contribution in [0, 0.1) is 6.92 Å². The van der Waals surface area contributed by atoms with Gasteiger partial charge in [0.2, 0.25) is 0 Å². The van der Waals surface area contributed by atoms with Crippen LogP contribution in [0.4, 0.5) is 0 Å².